The number of hydrogen-bond acceptors (Lipinski definition) is 5. The fourth-order valence-electron chi connectivity index (χ4n) is 3.79. The smallest absolute Gasteiger partial charge is 0.150 e. The normalized spacial score (nSPS) is 19.4. The Balaban J connectivity index is 1.50. The Morgan fingerprint density at radius 1 is 1.24 bits per heavy atom. The lowest BCUT2D eigenvalue weighted by atomic mass is 10.1. The van der Waals surface area contributed by atoms with Crippen LogP contribution in [0.2, 0.25) is 0 Å². The van der Waals surface area contributed by atoms with E-state index in [4.69, 9.17) is 9.72 Å². The van der Waals surface area contributed by atoms with E-state index in [0.717, 1.165) is 21.3 Å². The van der Waals surface area contributed by atoms with Crippen LogP contribution in [-0.2, 0) is 22.8 Å². The van der Waals surface area contributed by atoms with E-state index in [1.54, 1.807) is 0 Å². The molecule has 0 aliphatic carbocycles. The summed E-state index contributed by atoms with van der Waals surface area (Å²) in [5, 5.41) is 10.6. The summed E-state index contributed by atoms with van der Waals surface area (Å²) in [6, 6.07) is 15.3. The van der Waals surface area contributed by atoms with Crippen molar-refractivity contribution in [1.82, 2.24) is 9.55 Å². The number of rotatable bonds is 7. The first kappa shape index (κ1) is 20.4. The van der Waals surface area contributed by atoms with Crippen molar-refractivity contribution in [3.63, 3.8) is 0 Å². The Morgan fingerprint density at radius 2 is 2.07 bits per heavy atom. The molecule has 0 amide bonds. The molecule has 1 aliphatic heterocycles. The van der Waals surface area contributed by atoms with Crippen molar-refractivity contribution in [3.8, 4) is 5.75 Å². The van der Waals surface area contributed by atoms with Gasteiger partial charge in [-0.15, -0.1) is 0 Å². The molecule has 8 heteroatoms. The molecule has 0 saturated carbocycles. The van der Waals surface area contributed by atoms with Gasteiger partial charge in [0.2, 0.25) is 0 Å². The molecular weight excluding hydrogens is 456 g/mol. The van der Waals surface area contributed by atoms with E-state index in [0.29, 0.717) is 25.1 Å². The molecule has 3 aromatic rings. The topological polar surface area (TPSA) is 81.4 Å². The van der Waals surface area contributed by atoms with E-state index >= 15 is 0 Å². The second-order valence-corrected chi connectivity index (χ2v) is 10.7. The monoisotopic (exact) mass is 478 g/mol. The number of aliphatic hydroxyl groups excluding tert-OH is 1. The highest BCUT2D eigenvalue weighted by Gasteiger charge is 2.29. The van der Waals surface area contributed by atoms with E-state index in [9.17, 15) is 13.5 Å². The third-order valence-electron chi connectivity index (χ3n) is 5.16. The summed E-state index contributed by atoms with van der Waals surface area (Å²) < 4.78 is 32.3. The second-order valence-electron chi connectivity index (χ2n) is 7.52. The summed E-state index contributed by atoms with van der Waals surface area (Å²) in [6.07, 6.45) is 0.533. The van der Waals surface area contributed by atoms with Crippen LogP contribution in [0.3, 0.4) is 0 Å². The largest absolute Gasteiger partial charge is 0.491 e. The molecular formula is C21H23BrN2O4S. The van der Waals surface area contributed by atoms with Gasteiger partial charge in [-0.25, -0.2) is 13.4 Å². The van der Waals surface area contributed by atoms with Gasteiger partial charge in [0.1, 0.15) is 24.3 Å². The van der Waals surface area contributed by atoms with Gasteiger partial charge in [0.05, 0.1) is 29.1 Å². The molecule has 1 aliphatic rings. The van der Waals surface area contributed by atoms with Crippen LogP contribution in [0.1, 0.15) is 12.2 Å². The predicted octanol–water partition coefficient (Wildman–Crippen LogP) is 3.22. The summed E-state index contributed by atoms with van der Waals surface area (Å²) in [5.74, 6) is 2.04. The average molecular weight is 479 g/mol. The zero-order chi connectivity index (χ0) is 20.4. The van der Waals surface area contributed by atoms with Crippen molar-refractivity contribution < 1.29 is 18.3 Å². The molecule has 1 saturated heterocycles. The molecule has 154 valence electrons. The van der Waals surface area contributed by atoms with E-state index in [1.165, 1.54) is 0 Å². The van der Waals surface area contributed by atoms with Gasteiger partial charge in [0.25, 0.3) is 0 Å². The van der Waals surface area contributed by atoms with Crippen LogP contribution < -0.4 is 4.74 Å². The van der Waals surface area contributed by atoms with Gasteiger partial charge in [-0.2, -0.15) is 0 Å². The van der Waals surface area contributed by atoms with Gasteiger partial charge >= 0.3 is 0 Å². The number of halogens is 1. The molecule has 0 radical (unpaired) electrons. The predicted molar refractivity (Wildman–Crippen MR) is 116 cm³/mol. The van der Waals surface area contributed by atoms with E-state index < -0.39 is 15.9 Å². The van der Waals surface area contributed by atoms with Gasteiger partial charge in [-0.05, 0) is 42.7 Å². The number of nitrogens with zero attached hydrogens (tertiary/aromatic N) is 2. The number of imidazole rings is 1. The van der Waals surface area contributed by atoms with Crippen molar-refractivity contribution in [2.75, 3.05) is 18.1 Å². The molecule has 4 rings (SSSR count). The summed E-state index contributed by atoms with van der Waals surface area (Å²) in [5.41, 5.74) is 1.79. The molecule has 2 unspecified atom stereocenters. The van der Waals surface area contributed by atoms with Gasteiger partial charge in [0, 0.05) is 10.9 Å². The van der Waals surface area contributed by atoms with Crippen molar-refractivity contribution in [2.45, 2.75) is 25.5 Å². The maximum absolute atomic E-state index is 11.8. The van der Waals surface area contributed by atoms with Crippen molar-refractivity contribution >= 4 is 36.8 Å². The summed E-state index contributed by atoms with van der Waals surface area (Å²) in [6.45, 7) is 0.490. The summed E-state index contributed by atoms with van der Waals surface area (Å²) in [4.78, 5) is 4.72. The summed E-state index contributed by atoms with van der Waals surface area (Å²) >= 11 is 3.41. The number of para-hydroxylation sites is 2. The number of benzene rings is 2. The Hall–Kier alpha value is -1.90. The van der Waals surface area contributed by atoms with Gasteiger partial charge in [-0.3, -0.25) is 0 Å². The highest BCUT2D eigenvalue weighted by atomic mass is 79.9. The quantitative estimate of drug-likeness (QED) is 0.563. The zero-order valence-corrected chi connectivity index (χ0v) is 18.3. The Morgan fingerprint density at radius 3 is 2.83 bits per heavy atom. The Bertz CT molecular complexity index is 1110. The molecule has 1 fully saturated rings. The van der Waals surface area contributed by atoms with Crippen LogP contribution in [0.5, 0.6) is 5.75 Å². The van der Waals surface area contributed by atoms with E-state index in [2.05, 4.69) is 15.9 Å². The van der Waals surface area contributed by atoms with Crippen LogP contribution in [0, 0.1) is 5.92 Å². The standard InChI is InChI=1S/C21H23BrN2O4S/c22-16-4-3-5-18(11-16)28-13-17(25)12-24-20-7-2-1-6-19(20)23-21(24)10-15-8-9-29(26,27)14-15/h1-7,11,15,17,25H,8-10,12-14H2. The fraction of sp³-hybridized carbons (Fsp3) is 0.381. The fourth-order valence-corrected chi connectivity index (χ4v) is 6.03. The molecule has 29 heavy (non-hydrogen) atoms. The minimum atomic E-state index is -2.93. The number of hydrogen-bond donors (Lipinski definition) is 1. The van der Waals surface area contributed by atoms with Crippen molar-refractivity contribution in [1.29, 1.82) is 0 Å². The SMILES string of the molecule is O=S1(=O)CCC(Cc2nc3ccccc3n2CC(O)COc2cccc(Br)c2)C1. The van der Waals surface area contributed by atoms with Crippen LogP contribution in [0.15, 0.2) is 53.0 Å². The van der Waals surface area contributed by atoms with Crippen LogP contribution in [0.4, 0.5) is 0 Å². The van der Waals surface area contributed by atoms with Crippen molar-refractivity contribution in [2.24, 2.45) is 5.92 Å². The number of aliphatic hydroxyl groups is 1. The van der Waals surface area contributed by atoms with E-state index in [-0.39, 0.29) is 24.0 Å². The molecule has 0 bridgehead atoms. The maximum atomic E-state index is 11.8. The molecule has 1 N–H and O–H groups in total. The average Bonchev–Trinajstić information content (AvgIpc) is 3.20. The highest BCUT2D eigenvalue weighted by Crippen LogP contribution is 2.25. The van der Waals surface area contributed by atoms with Crippen LogP contribution in [0.25, 0.3) is 11.0 Å². The third kappa shape index (κ3) is 4.99. The van der Waals surface area contributed by atoms with Gasteiger partial charge < -0.3 is 14.4 Å². The minimum Gasteiger partial charge on any atom is -0.491 e. The number of ether oxygens (including phenoxy) is 1. The maximum Gasteiger partial charge on any atom is 0.150 e. The number of fused-ring (bicyclic) bond motifs is 1. The Kier molecular flexibility index (Phi) is 5.94. The number of aromatic nitrogens is 2. The zero-order valence-electron chi connectivity index (χ0n) is 15.9. The molecule has 2 atom stereocenters. The Labute approximate surface area is 178 Å². The second kappa shape index (κ2) is 8.45. The number of sulfone groups is 1. The molecule has 0 spiro atoms. The highest BCUT2D eigenvalue weighted by molar-refractivity contribution is 9.10. The lowest BCUT2D eigenvalue weighted by Gasteiger charge is -2.17. The summed E-state index contributed by atoms with van der Waals surface area (Å²) in [7, 11) is -2.93. The third-order valence-corrected chi connectivity index (χ3v) is 7.49. The molecule has 2 aromatic carbocycles. The first-order valence-corrected chi connectivity index (χ1v) is 12.2. The first-order chi connectivity index (χ1) is 13.9. The molecule has 1 aromatic heterocycles. The first-order valence-electron chi connectivity index (χ1n) is 9.60. The van der Waals surface area contributed by atoms with Gasteiger partial charge in [0.15, 0.2) is 9.84 Å². The molecule has 6 nitrogen and oxygen atoms in total. The van der Waals surface area contributed by atoms with Crippen molar-refractivity contribution in [3.05, 3.63) is 58.8 Å². The van der Waals surface area contributed by atoms with Crippen LogP contribution >= 0.6 is 15.9 Å². The van der Waals surface area contributed by atoms with E-state index in [1.807, 2.05) is 53.1 Å². The molecule has 2 heterocycles. The minimum absolute atomic E-state index is 0.0747. The van der Waals surface area contributed by atoms with Crippen LogP contribution in [-0.4, -0.2) is 47.3 Å². The lowest BCUT2D eigenvalue weighted by Crippen LogP contribution is -2.25. The van der Waals surface area contributed by atoms with Gasteiger partial charge in [-0.1, -0.05) is 34.1 Å². The lowest BCUT2D eigenvalue weighted by molar-refractivity contribution is 0.0925.